The number of nitrogens with one attached hydrogen (secondary N) is 1. The molecule has 1 heterocycles. The number of carbonyl (C=O) groups is 1. The lowest BCUT2D eigenvalue weighted by Gasteiger charge is -2.43. The van der Waals surface area contributed by atoms with Crippen LogP contribution in [-0.4, -0.2) is 27.7 Å². The van der Waals surface area contributed by atoms with Gasteiger partial charge in [0.15, 0.2) is 0 Å². The first-order chi connectivity index (χ1) is 6.72. The van der Waals surface area contributed by atoms with E-state index in [0.717, 1.165) is 25.0 Å². The highest BCUT2D eigenvalue weighted by Crippen LogP contribution is 2.40. The Hall–Kier alpha value is -0.220. The molecule has 2 rings (SSSR count). The third-order valence-electron chi connectivity index (χ3n) is 3.18. The molecule has 1 spiro atoms. The lowest BCUT2D eigenvalue weighted by molar-refractivity contribution is -0.140. The average molecular weight is 215 g/mol. The Morgan fingerprint density at radius 3 is 2.71 bits per heavy atom. The topological polar surface area (TPSA) is 49.3 Å². The molecule has 3 nitrogen and oxygen atoms in total. The van der Waals surface area contributed by atoms with Gasteiger partial charge in [-0.15, -0.1) is 11.8 Å². The molecule has 1 aliphatic heterocycles. The summed E-state index contributed by atoms with van der Waals surface area (Å²) in [5.41, 5.74) is 0. The van der Waals surface area contributed by atoms with Gasteiger partial charge in [0, 0.05) is 0 Å². The SMILES string of the molecule is O=C(O)C1CCSC2(CCCCC2)N1. The Morgan fingerprint density at radius 1 is 1.36 bits per heavy atom. The van der Waals surface area contributed by atoms with Gasteiger partial charge in [-0.1, -0.05) is 19.3 Å². The summed E-state index contributed by atoms with van der Waals surface area (Å²) in [6.07, 6.45) is 6.84. The molecule has 0 bridgehead atoms. The molecule has 1 saturated heterocycles. The quantitative estimate of drug-likeness (QED) is 0.700. The predicted octanol–water partition coefficient (Wildman–Crippen LogP) is 1.83. The maximum absolute atomic E-state index is 10.9. The van der Waals surface area contributed by atoms with Gasteiger partial charge in [-0.25, -0.2) is 0 Å². The van der Waals surface area contributed by atoms with Crippen LogP contribution in [0.5, 0.6) is 0 Å². The first-order valence-electron chi connectivity index (χ1n) is 5.36. The van der Waals surface area contributed by atoms with E-state index in [0.29, 0.717) is 0 Å². The van der Waals surface area contributed by atoms with Gasteiger partial charge in [-0.05, 0) is 25.0 Å². The van der Waals surface area contributed by atoms with E-state index in [9.17, 15) is 4.79 Å². The molecule has 1 atom stereocenters. The van der Waals surface area contributed by atoms with Crippen LogP contribution >= 0.6 is 11.8 Å². The second-order valence-electron chi connectivity index (χ2n) is 4.23. The summed E-state index contributed by atoms with van der Waals surface area (Å²) < 4.78 is 0. The first kappa shape index (κ1) is 10.3. The summed E-state index contributed by atoms with van der Waals surface area (Å²) in [4.78, 5) is 11.0. The zero-order valence-electron chi connectivity index (χ0n) is 8.29. The molecule has 1 aliphatic carbocycles. The van der Waals surface area contributed by atoms with E-state index >= 15 is 0 Å². The van der Waals surface area contributed by atoms with Gasteiger partial charge in [0.2, 0.25) is 0 Å². The molecule has 0 radical (unpaired) electrons. The molecule has 2 aliphatic rings. The van der Waals surface area contributed by atoms with Gasteiger partial charge in [0.25, 0.3) is 0 Å². The predicted molar refractivity (Wildman–Crippen MR) is 57.5 cm³/mol. The molecule has 0 aromatic carbocycles. The molecule has 2 fully saturated rings. The summed E-state index contributed by atoms with van der Waals surface area (Å²) in [5, 5.41) is 12.3. The molecule has 1 unspecified atom stereocenters. The number of hydrogen-bond donors (Lipinski definition) is 2. The van der Waals surface area contributed by atoms with Crippen molar-refractivity contribution in [3.63, 3.8) is 0 Å². The van der Waals surface area contributed by atoms with E-state index in [-0.39, 0.29) is 10.9 Å². The van der Waals surface area contributed by atoms with Crippen molar-refractivity contribution in [1.29, 1.82) is 0 Å². The van der Waals surface area contributed by atoms with Gasteiger partial charge in [-0.3, -0.25) is 10.1 Å². The van der Waals surface area contributed by atoms with Crippen LogP contribution in [0.3, 0.4) is 0 Å². The summed E-state index contributed by atoms with van der Waals surface area (Å²) in [6, 6.07) is -0.311. The number of hydrogen-bond acceptors (Lipinski definition) is 3. The van der Waals surface area contributed by atoms with E-state index in [1.165, 1.54) is 19.3 Å². The molecule has 14 heavy (non-hydrogen) atoms. The zero-order valence-corrected chi connectivity index (χ0v) is 9.11. The van der Waals surface area contributed by atoms with Crippen LogP contribution in [0.15, 0.2) is 0 Å². The van der Waals surface area contributed by atoms with Crippen LogP contribution in [-0.2, 0) is 4.79 Å². The second kappa shape index (κ2) is 4.11. The van der Waals surface area contributed by atoms with Crippen LogP contribution in [0.2, 0.25) is 0 Å². The minimum atomic E-state index is -0.685. The minimum absolute atomic E-state index is 0.0968. The molecule has 80 valence electrons. The van der Waals surface area contributed by atoms with Crippen molar-refractivity contribution < 1.29 is 9.90 Å². The Morgan fingerprint density at radius 2 is 2.07 bits per heavy atom. The zero-order chi connectivity index (χ0) is 10.0. The number of aliphatic carboxylic acids is 1. The van der Waals surface area contributed by atoms with Crippen LogP contribution in [0, 0.1) is 0 Å². The highest BCUT2D eigenvalue weighted by molar-refractivity contribution is 8.00. The van der Waals surface area contributed by atoms with E-state index in [1.807, 2.05) is 11.8 Å². The summed E-state index contributed by atoms with van der Waals surface area (Å²) >= 11 is 1.93. The fourth-order valence-electron chi connectivity index (χ4n) is 2.40. The van der Waals surface area contributed by atoms with Crippen LogP contribution in [0.25, 0.3) is 0 Å². The number of rotatable bonds is 1. The number of carboxylic acid groups (broad SMARTS) is 1. The second-order valence-corrected chi connectivity index (χ2v) is 5.71. The Bertz CT molecular complexity index is 221. The molecule has 0 aromatic heterocycles. The van der Waals surface area contributed by atoms with E-state index in [4.69, 9.17) is 5.11 Å². The maximum Gasteiger partial charge on any atom is 0.320 e. The molecule has 2 N–H and O–H groups in total. The summed E-state index contributed by atoms with van der Waals surface area (Å²) in [5.74, 6) is 0.305. The Labute approximate surface area is 88.6 Å². The van der Waals surface area contributed by atoms with Crippen molar-refractivity contribution in [2.24, 2.45) is 0 Å². The number of thioether (sulfide) groups is 1. The average Bonchev–Trinajstić information content (AvgIpc) is 2.19. The van der Waals surface area contributed by atoms with Crippen molar-refractivity contribution >= 4 is 17.7 Å². The maximum atomic E-state index is 10.9. The van der Waals surface area contributed by atoms with Crippen molar-refractivity contribution in [3.05, 3.63) is 0 Å². The Kier molecular flexibility index (Phi) is 3.02. The highest BCUT2D eigenvalue weighted by Gasteiger charge is 2.39. The van der Waals surface area contributed by atoms with Crippen molar-refractivity contribution in [2.75, 3.05) is 5.75 Å². The van der Waals surface area contributed by atoms with Crippen LogP contribution in [0.1, 0.15) is 38.5 Å². The van der Waals surface area contributed by atoms with Gasteiger partial charge in [-0.2, -0.15) is 0 Å². The smallest absolute Gasteiger partial charge is 0.320 e. The third-order valence-corrected chi connectivity index (χ3v) is 4.70. The standard InChI is InChI=1S/C10H17NO2S/c12-9(13)8-4-7-14-10(11-8)5-2-1-3-6-10/h8,11H,1-7H2,(H,12,13). The molecule has 0 aromatic rings. The van der Waals surface area contributed by atoms with Gasteiger partial charge < -0.3 is 5.11 Å². The number of carboxylic acids is 1. The molecule has 4 heteroatoms. The lowest BCUT2D eigenvalue weighted by Crippen LogP contribution is -2.55. The van der Waals surface area contributed by atoms with Gasteiger partial charge in [0.05, 0.1) is 4.87 Å². The molecular formula is C10H17NO2S. The Balaban J connectivity index is 2.01. The van der Waals surface area contributed by atoms with E-state index < -0.39 is 5.97 Å². The lowest BCUT2D eigenvalue weighted by atomic mass is 9.93. The summed E-state index contributed by atoms with van der Waals surface area (Å²) in [6.45, 7) is 0. The van der Waals surface area contributed by atoms with Crippen molar-refractivity contribution in [3.8, 4) is 0 Å². The monoisotopic (exact) mass is 215 g/mol. The summed E-state index contributed by atoms with van der Waals surface area (Å²) in [7, 11) is 0. The normalized spacial score (nSPS) is 31.6. The fraction of sp³-hybridized carbons (Fsp3) is 0.900. The van der Waals surface area contributed by atoms with Crippen molar-refractivity contribution in [2.45, 2.75) is 49.4 Å². The van der Waals surface area contributed by atoms with Gasteiger partial charge >= 0.3 is 5.97 Å². The highest BCUT2D eigenvalue weighted by atomic mass is 32.2. The van der Waals surface area contributed by atoms with Crippen molar-refractivity contribution in [1.82, 2.24) is 5.32 Å². The largest absolute Gasteiger partial charge is 0.480 e. The third kappa shape index (κ3) is 2.06. The fourth-order valence-corrected chi connectivity index (χ4v) is 3.95. The van der Waals surface area contributed by atoms with Crippen LogP contribution in [0.4, 0.5) is 0 Å². The van der Waals surface area contributed by atoms with E-state index in [1.54, 1.807) is 0 Å². The minimum Gasteiger partial charge on any atom is -0.480 e. The molecular weight excluding hydrogens is 198 g/mol. The van der Waals surface area contributed by atoms with E-state index in [2.05, 4.69) is 5.32 Å². The molecule has 0 amide bonds. The van der Waals surface area contributed by atoms with Crippen LogP contribution < -0.4 is 5.32 Å². The van der Waals surface area contributed by atoms with Gasteiger partial charge in [0.1, 0.15) is 6.04 Å². The first-order valence-corrected chi connectivity index (χ1v) is 6.35. The molecule has 1 saturated carbocycles.